The van der Waals surface area contributed by atoms with Gasteiger partial charge in [-0.25, -0.2) is 0 Å². The Morgan fingerprint density at radius 2 is 2.00 bits per heavy atom. The first-order valence-electron chi connectivity index (χ1n) is 4.75. The number of carbonyl (C=O) groups is 1. The zero-order chi connectivity index (χ0) is 11.9. The maximum absolute atomic E-state index is 11.4. The third-order valence-electron chi connectivity index (χ3n) is 2.62. The van der Waals surface area contributed by atoms with Gasteiger partial charge in [0.15, 0.2) is 5.37 Å². The largest absolute Gasteiger partial charge is 0.292 e. The Morgan fingerprint density at radius 3 is 2.53 bits per heavy atom. The number of fused-ring (bicyclic) bond motifs is 1. The van der Waals surface area contributed by atoms with Crippen molar-refractivity contribution in [2.45, 2.75) is 18.7 Å². The maximum atomic E-state index is 11.4. The van der Waals surface area contributed by atoms with Crippen LogP contribution in [0.1, 0.15) is 12.5 Å². The van der Waals surface area contributed by atoms with Gasteiger partial charge in [0.05, 0.1) is 0 Å². The summed E-state index contributed by atoms with van der Waals surface area (Å²) in [5.41, 5.74) is 1.30. The number of para-hydroxylation sites is 1. The fourth-order valence-corrected chi connectivity index (χ4v) is 2.88. The molecule has 7 heteroatoms. The topological polar surface area (TPSA) is 74.7 Å². The molecule has 5 nitrogen and oxygen atoms in total. The fraction of sp³-hybridized carbons (Fsp3) is 0.300. The molecule has 1 heterocycles. The molecule has 1 atom stereocenters. The third kappa shape index (κ3) is 2.71. The van der Waals surface area contributed by atoms with E-state index in [1.165, 1.54) is 6.92 Å². The van der Waals surface area contributed by atoms with E-state index in [9.17, 15) is 13.2 Å². The van der Waals surface area contributed by atoms with E-state index in [2.05, 4.69) is 0 Å². The number of rotatable bonds is 1. The van der Waals surface area contributed by atoms with Crippen molar-refractivity contribution in [3.8, 4) is 0 Å². The Bertz CT molecular complexity index is 543. The van der Waals surface area contributed by atoms with E-state index in [1.54, 1.807) is 24.3 Å². The van der Waals surface area contributed by atoms with Crippen LogP contribution in [0.25, 0.3) is 0 Å². The van der Waals surface area contributed by atoms with Crippen LogP contribution in [0, 0.1) is 0 Å². The van der Waals surface area contributed by atoms with Gasteiger partial charge in [-0.05, 0) is 11.6 Å². The number of benzene rings is 1. The second-order valence-electron chi connectivity index (χ2n) is 3.69. The van der Waals surface area contributed by atoms with E-state index < -0.39 is 21.4 Å². The second kappa shape index (κ2) is 5.07. The van der Waals surface area contributed by atoms with Crippen LogP contribution in [0.3, 0.4) is 0 Å². The molecule has 1 aliphatic rings. The van der Waals surface area contributed by atoms with Crippen LogP contribution in [0.2, 0.25) is 0 Å². The predicted octanol–water partition coefficient (Wildman–Crippen LogP) is 0.429. The molecule has 17 heavy (non-hydrogen) atoms. The molecular weight excluding hydrogens is 253 g/mol. The molecule has 1 aromatic rings. The van der Waals surface area contributed by atoms with E-state index in [-0.39, 0.29) is 36.0 Å². The van der Waals surface area contributed by atoms with Gasteiger partial charge in [-0.1, -0.05) is 18.2 Å². The van der Waals surface area contributed by atoms with Gasteiger partial charge in [0.25, 0.3) is 10.1 Å². The van der Waals surface area contributed by atoms with Crippen LogP contribution < -0.4 is 4.90 Å². The van der Waals surface area contributed by atoms with E-state index in [1.807, 2.05) is 0 Å². The maximum Gasteiger partial charge on any atom is 0.287 e. The standard InChI is InChI=1S/C10H11NO4S.Na/c1-7(12)11-9-5-3-2-4-8(9)6-10(11)16(13,14)15;/h2-5,10H,6H2,1H3,(H,13,14,15);. The molecule has 1 radical (unpaired) electrons. The molecule has 0 fully saturated rings. The molecule has 1 aliphatic heterocycles. The van der Waals surface area contributed by atoms with Crippen LogP contribution in [-0.4, -0.2) is 53.8 Å². The number of hydrogen-bond acceptors (Lipinski definition) is 3. The van der Waals surface area contributed by atoms with Crippen LogP contribution >= 0.6 is 0 Å². The molecule has 87 valence electrons. The van der Waals surface area contributed by atoms with Gasteiger partial charge in [0.2, 0.25) is 5.91 Å². The molecule has 1 amide bonds. The summed E-state index contributed by atoms with van der Waals surface area (Å²) < 4.78 is 31.4. The van der Waals surface area contributed by atoms with E-state index in [0.29, 0.717) is 5.69 Å². The molecule has 0 spiro atoms. The minimum Gasteiger partial charge on any atom is -0.292 e. The Balaban J connectivity index is 0.00000144. The first-order chi connectivity index (χ1) is 7.41. The van der Waals surface area contributed by atoms with Crippen molar-refractivity contribution >= 4 is 51.3 Å². The summed E-state index contributed by atoms with van der Waals surface area (Å²) in [6.07, 6.45) is 0.134. The van der Waals surface area contributed by atoms with Gasteiger partial charge >= 0.3 is 0 Å². The number of anilines is 1. The Kier molecular flexibility index (Phi) is 4.38. The van der Waals surface area contributed by atoms with Gasteiger partial charge in [0.1, 0.15) is 0 Å². The summed E-state index contributed by atoms with van der Waals surface area (Å²) in [6.45, 7) is 1.28. The average molecular weight is 264 g/mol. The number of amides is 1. The molecular formula is C10H11NNaO4S. The normalized spacial score (nSPS) is 18.5. The van der Waals surface area contributed by atoms with Crippen molar-refractivity contribution < 1.29 is 17.8 Å². The van der Waals surface area contributed by atoms with Crippen molar-refractivity contribution in [3.63, 3.8) is 0 Å². The van der Waals surface area contributed by atoms with Crippen LogP contribution in [-0.2, 0) is 21.3 Å². The smallest absolute Gasteiger partial charge is 0.287 e. The Morgan fingerprint density at radius 1 is 1.41 bits per heavy atom. The molecule has 0 aromatic heterocycles. The number of carbonyl (C=O) groups excluding carboxylic acids is 1. The Labute approximate surface area is 122 Å². The molecule has 1 N–H and O–H groups in total. The van der Waals surface area contributed by atoms with Crippen LogP contribution in [0.5, 0.6) is 0 Å². The Hall–Kier alpha value is -0.400. The number of hydrogen-bond donors (Lipinski definition) is 1. The first-order valence-corrected chi connectivity index (χ1v) is 6.25. The quantitative estimate of drug-likeness (QED) is 0.589. The minimum atomic E-state index is -4.26. The van der Waals surface area contributed by atoms with Crippen LogP contribution in [0.15, 0.2) is 24.3 Å². The monoisotopic (exact) mass is 264 g/mol. The van der Waals surface area contributed by atoms with Gasteiger partial charge in [-0.3, -0.25) is 14.2 Å². The summed E-state index contributed by atoms with van der Waals surface area (Å²) >= 11 is 0. The zero-order valence-corrected chi connectivity index (χ0v) is 12.4. The average Bonchev–Trinajstić information content (AvgIpc) is 2.55. The zero-order valence-electron chi connectivity index (χ0n) is 9.62. The third-order valence-corrected chi connectivity index (χ3v) is 3.68. The number of nitrogens with zero attached hydrogens (tertiary/aromatic N) is 1. The predicted molar refractivity (Wildman–Crippen MR) is 64.4 cm³/mol. The van der Waals surface area contributed by atoms with Crippen molar-refractivity contribution in [3.05, 3.63) is 29.8 Å². The SMILES string of the molecule is CC(=O)N1c2ccccc2CC1S(=O)(=O)O.[Na]. The molecule has 0 saturated carbocycles. The van der Waals surface area contributed by atoms with E-state index in [0.717, 1.165) is 10.5 Å². The van der Waals surface area contributed by atoms with Crippen molar-refractivity contribution in [2.75, 3.05) is 4.90 Å². The molecule has 0 bridgehead atoms. The molecule has 0 saturated heterocycles. The van der Waals surface area contributed by atoms with Gasteiger partial charge in [0, 0.05) is 48.6 Å². The minimum absolute atomic E-state index is 0. The van der Waals surface area contributed by atoms with Gasteiger partial charge in [-0.2, -0.15) is 8.42 Å². The molecule has 1 unspecified atom stereocenters. The molecule has 2 rings (SSSR count). The molecule has 0 aliphatic carbocycles. The summed E-state index contributed by atoms with van der Waals surface area (Å²) in [7, 11) is -4.26. The van der Waals surface area contributed by atoms with Gasteiger partial charge < -0.3 is 0 Å². The summed E-state index contributed by atoms with van der Waals surface area (Å²) in [4.78, 5) is 12.5. The van der Waals surface area contributed by atoms with Crippen molar-refractivity contribution in [1.29, 1.82) is 0 Å². The van der Waals surface area contributed by atoms with E-state index in [4.69, 9.17) is 4.55 Å². The first kappa shape index (κ1) is 14.7. The second-order valence-corrected chi connectivity index (χ2v) is 5.27. The molecule has 1 aromatic carbocycles. The van der Waals surface area contributed by atoms with Crippen molar-refractivity contribution in [1.82, 2.24) is 0 Å². The van der Waals surface area contributed by atoms with Crippen LogP contribution in [0.4, 0.5) is 5.69 Å². The summed E-state index contributed by atoms with van der Waals surface area (Å²) in [5.74, 6) is -0.396. The summed E-state index contributed by atoms with van der Waals surface area (Å²) in [5, 5.41) is -1.19. The van der Waals surface area contributed by atoms with E-state index >= 15 is 0 Å². The van der Waals surface area contributed by atoms with Crippen molar-refractivity contribution in [2.24, 2.45) is 0 Å². The fourth-order valence-electron chi connectivity index (χ4n) is 1.96. The van der Waals surface area contributed by atoms with Gasteiger partial charge in [-0.15, -0.1) is 0 Å². The summed E-state index contributed by atoms with van der Waals surface area (Å²) in [6, 6.07) is 6.91.